The number of thiophene rings is 2. The quantitative estimate of drug-likeness (QED) is 0.298. The summed E-state index contributed by atoms with van der Waals surface area (Å²) in [5, 5.41) is 4.14. The van der Waals surface area contributed by atoms with Gasteiger partial charge in [-0.2, -0.15) is 0 Å². The van der Waals surface area contributed by atoms with E-state index in [4.69, 9.17) is 0 Å². The lowest BCUT2D eigenvalue weighted by Gasteiger charge is -2.36. The number of fused-ring (bicyclic) bond motifs is 2. The molecule has 0 N–H and O–H groups in total. The number of carbonyl (C=O) groups excluding carboxylic acids is 1. The van der Waals surface area contributed by atoms with Crippen LogP contribution < -0.4 is 0 Å². The summed E-state index contributed by atoms with van der Waals surface area (Å²) in [5.41, 5.74) is 3.65. The van der Waals surface area contributed by atoms with E-state index >= 15 is 0 Å². The van der Waals surface area contributed by atoms with Crippen LogP contribution in [0.15, 0.2) is 53.1 Å². The Bertz CT molecular complexity index is 1220. The molecular weight excluding hydrogens is 430 g/mol. The van der Waals surface area contributed by atoms with Gasteiger partial charge in [-0.25, -0.2) is 9.97 Å². The molecule has 1 amide bonds. The van der Waals surface area contributed by atoms with Crippen molar-refractivity contribution in [1.82, 2.24) is 14.9 Å². The number of hydrogen-bond donors (Lipinski definition) is 0. The van der Waals surface area contributed by atoms with E-state index in [0.29, 0.717) is 5.75 Å². The minimum absolute atomic E-state index is 0.00940. The van der Waals surface area contributed by atoms with Gasteiger partial charge in [-0.15, -0.1) is 22.7 Å². The van der Waals surface area contributed by atoms with Gasteiger partial charge in [0.1, 0.15) is 16.2 Å². The Kier molecular flexibility index (Phi) is 5.35. The monoisotopic (exact) mass is 451 g/mol. The summed E-state index contributed by atoms with van der Waals surface area (Å²) < 4.78 is 0. The van der Waals surface area contributed by atoms with Crippen LogP contribution in [0.5, 0.6) is 0 Å². The summed E-state index contributed by atoms with van der Waals surface area (Å²) in [4.78, 5) is 28.0. The summed E-state index contributed by atoms with van der Waals surface area (Å²) >= 11 is 5.01. The third kappa shape index (κ3) is 3.45. The maximum absolute atomic E-state index is 13.4. The Morgan fingerprint density at radius 1 is 1.20 bits per heavy atom. The number of aromatic nitrogens is 2. The van der Waals surface area contributed by atoms with E-state index in [-0.39, 0.29) is 11.9 Å². The Hall–Kier alpha value is -2.22. The molecule has 1 unspecified atom stereocenters. The second-order valence-electron chi connectivity index (χ2n) is 7.38. The van der Waals surface area contributed by atoms with E-state index in [0.717, 1.165) is 28.2 Å². The maximum Gasteiger partial charge on any atom is 0.233 e. The first-order valence-electron chi connectivity index (χ1n) is 9.87. The van der Waals surface area contributed by atoms with Crippen molar-refractivity contribution in [3.63, 3.8) is 0 Å². The number of rotatable bonds is 4. The molecule has 3 aromatic heterocycles. The van der Waals surface area contributed by atoms with Crippen LogP contribution in [0.3, 0.4) is 0 Å². The van der Waals surface area contributed by atoms with Crippen LogP contribution in [0.25, 0.3) is 10.2 Å². The van der Waals surface area contributed by atoms with Gasteiger partial charge < -0.3 is 4.90 Å². The van der Waals surface area contributed by atoms with Crippen molar-refractivity contribution in [2.24, 2.45) is 0 Å². The average Bonchev–Trinajstić information content (AvgIpc) is 3.36. The third-order valence-electron chi connectivity index (χ3n) is 5.66. The van der Waals surface area contributed by atoms with E-state index in [1.54, 1.807) is 29.0 Å². The smallest absolute Gasteiger partial charge is 0.233 e. The molecule has 0 radical (unpaired) electrons. The molecule has 0 saturated heterocycles. The first-order chi connectivity index (χ1) is 14.6. The Morgan fingerprint density at radius 3 is 2.87 bits per heavy atom. The molecule has 0 fully saturated rings. The summed E-state index contributed by atoms with van der Waals surface area (Å²) in [6.45, 7) is 4.97. The zero-order chi connectivity index (χ0) is 20.7. The predicted octanol–water partition coefficient (Wildman–Crippen LogP) is 5.64. The Labute approximate surface area is 188 Å². The van der Waals surface area contributed by atoms with Crippen LogP contribution in [-0.4, -0.2) is 33.1 Å². The molecule has 1 atom stereocenters. The van der Waals surface area contributed by atoms with Gasteiger partial charge in [0, 0.05) is 21.7 Å². The predicted molar refractivity (Wildman–Crippen MR) is 126 cm³/mol. The molecule has 4 aromatic rings. The summed E-state index contributed by atoms with van der Waals surface area (Å²) in [6, 6.07) is 12.5. The van der Waals surface area contributed by atoms with E-state index < -0.39 is 0 Å². The third-order valence-corrected chi connectivity index (χ3v) is 8.75. The van der Waals surface area contributed by atoms with E-state index in [9.17, 15) is 4.79 Å². The Morgan fingerprint density at radius 2 is 2.03 bits per heavy atom. The first kappa shape index (κ1) is 19.7. The Balaban J connectivity index is 1.42. The first-order valence-corrected chi connectivity index (χ1v) is 12.6. The molecule has 1 aliphatic heterocycles. The number of nitrogens with zero attached hydrogens (tertiary/aromatic N) is 3. The molecule has 0 bridgehead atoms. The molecule has 7 heteroatoms. The average molecular weight is 452 g/mol. The van der Waals surface area contributed by atoms with Gasteiger partial charge in [0.15, 0.2) is 0 Å². The number of amides is 1. The number of benzene rings is 1. The van der Waals surface area contributed by atoms with Crippen LogP contribution in [0.4, 0.5) is 0 Å². The molecule has 0 saturated carbocycles. The number of hydrogen-bond acceptors (Lipinski definition) is 6. The summed E-state index contributed by atoms with van der Waals surface area (Å²) in [6.07, 6.45) is 2.53. The molecule has 152 valence electrons. The van der Waals surface area contributed by atoms with Crippen LogP contribution in [0.2, 0.25) is 0 Å². The van der Waals surface area contributed by atoms with E-state index in [1.807, 2.05) is 23.1 Å². The zero-order valence-corrected chi connectivity index (χ0v) is 19.2. The number of carbonyl (C=O) groups is 1. The highest BCUT2D eigenvalue weighted by atomic mass is 32.2. The molecule has 0 aliphatic carbocycles. The standard InChI is InChI=1S/C23H21N3OS3/c1-14-15(2)30-23-20(14)22(24-13-25-23)29-12-19(27)26-10-8-18-17(9-11-28-18)21(26)16-6-4-3-5-7-16/h3-7,9,11,13,21H,8,10,12H2,1-2H3. The zero-order valence-electron chi connectivity index (χ0n) is 16.8. The number of thioether (sulfide) groups is 1. The highest BCUT2D eigenvalue weighted by molar-refractivity contribution is 8.00. The van der Waals surface area contributed by atoms with Gasteiger partial charge >= 0.3 is 0 Å². The van der Waals surface area contributed by atoms with Gasteiger partial charge in [-0.3, -0.25) is 4.79 Å². The molecule has 0 spiro atoms. The van der Waals surface area contributed by atoms with Crippen LogP contribution in [0, 0.1) is 13.8 Å². The summed E-state index contributed by atoms with van der Waals surface area (Å²) in [7, 11) is 0. The van der Waals surface area contributed by atoms with Gasteiger partial charge in [-0.05, 0) is 48.4 Å². The molecule has 4 nitrogen and oxygen atoms in total. The largest absolute Gasteiger partial charge is 0.330 e. The van der Waals surface area contributed by atoms with Crippen LogP contribution in [-0.2, 0) is 11.2 Å². The second-order valence-corrected chi connectivity index (χ2v) is 10.5. The maximum atomic E-state index is 13.4. The molecule has 1 aromatic carbocycles. The molecule has 4 heterocycles. The lowest BCUT2D eigenvalue weighted by molar-refractivity contribution is -0.130. The number of aryl methyl sites for hydroxylation is 2. The normalized spacial score (nSPS) is 16.1. The van der Waals surface area contributed by atoms with Gasteiger partial charge in [-0.1, -0.05) is 42.1 Å². The van der Waals surface area contributed by atoms with Crippen molar-refractivity contribution in [2.75, 3.05) is 12.3 Å². The van der Waals surface area contributed by atoms with Crippen LogP contribution >= 0.6 is 34.4 Å². The van der Waals surface area contributed by atoms with E-state index in [1.165, 1.54) is 38.2 Å². The highest BCUT2D eigenvalue weighted by Crippen LogP contribution is 2.39. The minimum Gasteiger partial charge on any atom is -0.330 e. The van der Waals surface area contributed by atoms with Gasteiger partial charge in [0.05, 0.1) is 11.8 Å². The van der Waals surface area contributed by atoms with Gasteiger partial charge in [0.2, 0.25) is 5.91 Å². The van der Waals surface area contributed by atoms with Crippen molar-refractivity contribution in [3.05, 3.63) is 74.6 Å². The fraction of sp³-hybridized carbons (Fsp3) is 0.261. The molecular formula is C23H21N3OS3. The minimum atomic E-state index is -0.00940. The SMILES string of the molecule is Cc1sc2ncnc(SCC(=O)N3CCc4sccc4C3c3ccccc3)c2c1C. The van der Waals surface area contributed by atoms with Crippen molar-refractivity contribution < 1.29 is 4.79 Å². The molecule has 1 aliphatic rings. The lowest BCUT2D eigenvalue weighted by Crippen LogP contribution is -2.41. The van der Waals surface area contributed by atoms with E-state index in [2.05, 4.69) is 47.4 Å². The van der Waals surface area contributed by atoms with Crippen molar-refractivity contribution in [2.45, 2.75) is 31.3 Å². The molecule has 30 heavy (non-hydrogen) atoms. The van der Waals surface area contributed by atoms with Crippen molar-refractivity contribution in [1.29, 1.82) is 0 Å². The van der Waals surface area contributed by atoms with Gasteiger partial charge in [0.25, 0.3) is 0 Å². The highest BCUT2D eigenvalue weighted by Gasteiger charge is 2.32. The van der Waals surface area contributed by atoms with Crippen molar-refractivity contribution in [3.8, 4) is 0 Å². The topological polar surface area (TPSA) is 46.1 Å². The van der Waals surface area contributed by atoms with Crippen molar-refractivity contribution >= 4 is 50.6 Å². The fourth-order valence-electron chi connectivity index (χ4n) is 4.05. The molecule has 5 rings (SSSR count). The summed E-state index contributed by atoms with van der Waals surface area (Å²) in [5.74, 6) is 0.533. The fourth-order valence-corrected chi connectivity index (χ4v) is 6.96. The lowest BCUT2D eigenvalue weighted by atomic mass is 9.93. The van der Waals surface area contributed by atoms with Crippen LogP contribution in [0.1, 0.15) is 32.5 Å². The second kappa shape index (κ2) is 8.13.